The molecule has 1 aromatic heterocycles. The SMILES string of the molecule is COc1cc(C=C2CCCN(C(C)c3ccc(F)cc3)C2=N)ccc1-n1cnc(C)c1. The van der Waals surface area contributed by atoms with Gasteiger partial charge in [0.05, 0.1) is 30.9 Å². The van der Waals surface area contributed by atoms with Gasteiger partial charge in [0.25, 0.3) is 0 Å². The Balaban J connectivity index is 1.59. The topological polar surface area (TPSA) is 54.1 Å². The van der Waals surface area contributed by atoms with Crippen LogP contribution in [-0.4, -0.2) is 33.9 Å². The fraction of sp³-hybridized carbons (Fsp3) is 0.280. The van der Waals surface area contributed by atoms with E-state index in [2.05, 4.69) is 22.9 Å². The number of rotatable bonds is 5. The van der Waals surface area contributed by atoms with Crippen molar-refractivity contribution in [1.82, 2.24) is 14.5 Å². The Kier molecular flexibility index (Phi) is 5.89. The Hall–Kier alpha value is -3.41. The van der Waals surface area contributed by atoms with Crippen LogP contribution in [-0.2, 0) is 0 Å². The third-order valence-corrected chi connectivity index (χ3v) is 5.79. The highest BCUT2D eigenvalue weighted by Crippen LogP contribution is 2.30. The number of nitrogens with zero attached hydrogens (tertiary/aromatic N) is 3. The summed E-state index contributed by atoms with van der Waals surface area (Å²) in [5, 5.41) is 8.79. The first-order valence-corrected chi connectivity index (χ1v) is 10.5. The van der Waals surface area contributed by atoms with Gasteiger partial charge in [0.15, 0.2) is 0 Å². The Morgan fingerprint density at radius 1 is 1.19 bits per heavy atom. The number of aromatic nitrogens is 2. The van der Waals surface area contributed by atoms with Crippen molar-refractivity contribution in [3.05, 3.63) is 83.2 Å². The minimum atomic E-state index is -0.242. The molecule has 1 N–H and O–H groups in total. The molecule has 2 aromatic carbocycles. The molecule has 0 saturated carbocycles. The number of hydrogen-bond acceptors (Lipinski definition) is 3. The first-order valence-electron chi connectivity index (χ1n) is 10.5. The van der Waals surface area contributed by atoms with Crippen molar-refractivity contribution in [2.75, 3.05) is 13.7 Å². The highest BCUT2D eigenvalue weighted by molar-refractivity contribution is 6.00. The summed E-state index contributed by atoms with van der Waals surface area (Å²) in [6.07, 6.45) is 7.63. The molecule has 0 amide bonds. The fourth-order valence-corrected chi connectivity index (χ4v) is 4.06. The van der Waals surface area contributed by atoms with E-state index in [0.29, 0.717) is 5.84 Å². The van der Waals surface area contributed by atoms with Crippen LogP contribution in [0.5, 0.6) is 5.75 Å². The van der Waals surface area contributed by atoms with Crippen molar-refractivity contribution in [3.8, 4) is 11.4 Å². The molecule has 1 fully saturated rings. The molecule has 1 unspecified atom stereocenters. The Labute approximate surface area is 182 Å². The van der Waals surface area contributed by atoms with Gasteiger partial charge in [-0.05, 0) is 73.7 Å². The second kappa shape index (κ2) is 8.76. The highest BCUT2D eigenvalue weighted by Gasteiger charge is 2.25. The summed E-state index contributed by atoms with van der Waals surface area (Å²) >= 11 is 0. The van der Waals surface area contributed by atoms with Crippen LogP contribution >= 0.6 is 0 Å². The van der Waals surface area contributed by atoms with Crippen LogP contribution < -0.4 is 4.74 Å². The lowest BCUT2D eigenvalue weighted by Gasteiger charge is -2.36. The Bertz CT molecular complexity index is 1120. The van der Waals surface area contributed by atoms with E-state index in [9.17, 15) is 4.39 Å². The maximum atomic E-state index is 13.3. The molecule has 1 saturated heterocycles. The number of benzene rings is 2. The fourth-order valence-electron chi connectivity index (χ4n) is 4.06. The van der Waals surface area contributed by atoms with E-state index in [1.54, 1.807) is 25.6 Å². The predicted molar refractivity (Wildman–Crippen MR) is 121 cm³/mol. The van der Waals surface area contributed by atoms with Crippen molar-refractivity contribution in [1.29, 1.82) is 5.41 Å². The second-order valence-electron chi connectivity index (χ2n) is 7.90. The molecule has 4 rings (SSSR count). The zero-order chi connectivity index (χ0) is 22.0. The molecule has 5 nitrogen and oxygen atoms in total. The molecule has 1 atom stereocenters. The maximum Gasteiger partial charge on any atom is 0.143 e. The van der Waals surface area contributed by atoms with Crippen molar-refractivity contribution in [3.63, 3.8) is 0 Å². The van der Waals surface area contributed by atoms with E-state index >= 15 is 0 Å². The van der Waals surface area contributed by atoms with Crippen LogP contribution in [0.1, 0.15) is 42.6 Å². The largest absolute Gasteiger partial charge is 0.495 e. The van der Waals surface area contributed by atoms with Crippen LogP contribution in [0.4, 0.5) is 4.39 Å². The summed E-state index contributed by atoms with van der Waals surface area (Å²) in [5.41, 5.74) is 4.87. The minimum Gasteiger partial charge on any atom is -0.495 e. The quantitative estimate of drug-likeness (QED) is 0.591. The molecule has 0 radical (unpaired) electrons. The maximum absolute atomic E-state index is 13.3. The predicted octanol–water partition coefficient (Wildman–Crippen LogP) is 5.55. The van der Waals surface area contributed by atoms with Gasteiger partial charge in [-0.15, -0.1) is 0 Å². The molecule has 160 valence electrons. The number of piperidine rings is 1. The average molecular weight is 419 g/mol. The van der Waals surface area contributed by atoms with Crippen LogP contribution in [0, 0.1) is 18.2 Å². The Morgan fingerprint density at radius 3 is 2.65 bits per heavy atom. The molecule has 0 aliphatic carbocycles. The first-order chi connectivity index (χ1) is 15.0. The third kappa shape index (κ3) is 4.38. The van der Waals surface area contributed by atoms with E-state index in [-0.39, 0.29) is 11.9 Å². The van der Waals surface area contributed by atoms with Crippen molar-refractivity contribution >= 4 is 11.9 Å². The zero-order valence-corrected chi connectivity index (χ0v) is 18.1. The molecular weight excluding hydrogens is 391 g/mol. The molecule has 3 aromatic rings. The van der Waals surface area contributed by atoms with Crippen LogP contribution in [0.2, 0.25) is 0 Å². The summed E-state index contributed by atoms with van der Waals surface area (Å²) in [6, 6.07) is 12.6. The Morgan fingerprint density at radius 2 is 1.97 bits per heavy atom. The summed E-state index contributed by atoms with van der Waals surface area (Å²) in [4.78, 5) is 6.38. The minimum absolute atomic E-state index is 0.0122. The molecule has 1 aliphatic rings. The number of amidine groups is 1. The normalized spacial score (nSPS) is 16.6. The number of halogens is 1. The van der Waals surface area contributed by atoms with Gasteiger partial charge >= 0.3 is 0 Å². The van der Waals surface area contributed by atoms with Gasteiger partial charge in [-0.2, -0.15) is 0 Å². The second-order valence-corrected chi connectivity index (χ2v) is 7.90. The number of hydrogen-bond donors (Lipinski definition) is 1. The highest BCUT2D eigenvalue weighted by atomic mass is 19.1. The smallest absolute Gasteiger partial charge is 0.143 e. The lowest BCUT2D eigenvalue weighted by Crippen LogP contribution is -2.38. The molecular formula is C25H27FN4O. The van der Waals surface area contributed by atoms with Gasteiger partial charge < -0.3 is 14.2 Å². The van der Waals surface area contributed by atoms with E-state index in [1.165, 1.54) is 12.1 Å². The molecule has 6 heteroatoms. The molecule has 0 bridgehead atoms. The van der Waals surface area contributed by atoms with Gasteiger partial charge in [-0.3, -0.25) is 5.41 Å². The lowest BCUT2D eigenvalue weighted by molar-refractivity contribution is 0.316. The van der Waals surface area contributed by atoms with Crippen LogP contribution in [0.15, 0.2) is 60.6 Å². The lowest BCUT2D eigenvalue weighted by atomic mass is 9.97. The van der Waals surface area contributed by atoms with Gasteiger partial charge in [-0.25, -0.2) is 9.37 Å². The number of methoxy groups -OCH3 is 1. The summed E-state index contributed by atoms with van der Waals surface area (Å²) in [7, 11) is 1.66. The molecule has 1 aliphatic heterocycles. The van der Waals surface area contributed by atoms with Crippen molar-refractivity contribution in [2.24, 2.45) is 0 Å². The number of aryl methyl sites for hydroxylation is 1. The summed E-state index contributed by atoms with van der Waals surface area (Å²) < 4.78 is 20.9. The molecule has 0 spiro atoms. The zero-order valence-electron chi connectivity index (χ0n) is 18.1. The average Bonchev–Trinajstić information content (AvgIpc) is 3.21. The monoisotopic (exact) mass is 418 g/mol. The van der Waals surface area contributed by atoms with Crippen LogP contribution in [0.25, 0.3) is 11.8 Å². The standard InChI is InChI=1S/C25H27FN4O/c1-17-15-29(16-28-17)23-11-6-19(14-24(23)31-3)13-21-5-4-12-30(25(21)27)18(2)20-7-9-22(26)10-8-20/h6-11,13-16,18,27H,4-5,12H2,1-3H3. The van der Waals surface area contributed by atoms with Gasteiger partial charge in [0.2, 0.25) is 0 Å². The van der Waals surface area contributed by atoms with Crippen molar-refractivity contribution < 1.29 is 9.13 Å². The molecule has 2 heterocycles. The third-order valence-electron chi connectivity index (χ3n) is 5.79. The van der Waals surface area contributed by atoms with Crippen LogP contribution in [0.3, 0.4) is 0 Å². The van der Waals surface area contributed by atoms with Gasteiger partial charge in [-0.1, -0.05) is 18.2 Å². The van der Waals surface area contributed by atoms with E-state index in [1.807, 2.05) is 35.9 Å². The number of imidazole rings is 1. The molecule has 31 heavy (non-hydrogen) atoms. The summed E-state index contributed by atoms with van der Waals surface area (Å²) in [5.74, 6) is 1.04. The number of ether oxygens (including phenoxy) is 1. The first kappa shape index (κ1) is 20.8. The van der Waals surface area contributed by atoms with Crippen molar-refractivity contribution in [2.45, 2.75) is 32.7 Å². The van der Waals surface area contributed by atoms with Gasteiger partial charge in [0.1, 0.15) is 17.4 Å². The van der Waals surface area contributed by atoms with E-state index < -0.39 is 0 Å². The number of likely N-dealkylation sites (tertiary alicyclic amines) is 1. The summed E-state index contributed by atoms with van der Waals surface area (Å²) in [6.45, 7) is 4.84. The van der Waals surface area contributed by atoms with Gasteiger partial charge in [0, 0.05) is 12.7 Å². The van der Waals surface area contributed by atoms with E-state index in [4.69, 9.17) is 10.1 Å². The van der Waals surface area contributed by atoms with E-state index in [0.717, 1.165) is 53.2 Å². The number of nitrogens with one attached hydrogen (secondary N) is 1.